The molecule has 5 rings (SSSR count). The summed E-state index contributed by atoms with van der Waals surface area (Å²) >= 11 is 0. The van der Waals surface area contributed by atoms with Gasteiger partial charge in [-0.05, 0) is 12.5 Å². The summed E-state index contributed by atoms with van der Waals surface area (Å²) in [6.45, 7) is 0.722. The number of benzene rings is 2. The summed E-state index contributed by atoms with van der Waals surface area (Å²) in [6.07, 6.45) is 1.73. The van der Waals surface area contributed by atoms with Crippen LogP contribution in [-0.2, 0) is 13.0 Å². The quantitative estimate of drug-likeness (QED) is 0.510. The van der Waals surface area contributed by atoms with E-state index in [9.17, 15) is 0 Å². The number of nitrogen functional groups attached to an aromatic ring is 1. The lowest BCUT2D eigenvalue weighted by molar-refractivity contribution is 0.356. The van der Waals surface area contributed by atoms with Crippen molar-refractivity contribution in [3.05, 3.63) is 48.3 Å². The summed E-state index contributed by atoms with van der Waals surface area (Å²) < 4.78 is 12.9. The Labute approximate surface area is 179 Å². The molecule has 31 heavy (non-hydrogen) atoms. The van der Waals surface area contributed by atoms with Gasteiger partial charge < -0.3 is 25.1 Å². The molecule has 9 heteroatoms. The molecule has 0 radical (unpaired) electrons. The first-order chi connectivity index (χ1) is 15.2. The van der Waals surface area contributed by atoms with E-state index < -0.39 is 0 Å². The highest BCUT2D eigenvalue weighted by Crippen LogP contribution is 2.34. The van der Waals surface area contributed by atoms with Crippen molar-refractivity contribution in [2.24, 2.45) is 0 Å². The van der Waals surface area contributed by atoms with Crippen molar-refractivity contribution in [3.8, 4) is 22.9 Å². The molecule has 2 aromatic carbocycles. The maximum Gasteiger partial charge on any atom is 0.225 e. The van der Waals surface area contributed by atoms with Gasteiger partial charge in [0.25, 0.3) is 0 Å². The third-order valence-corrected chi connectivity index (χ3v) is 5.54. The van der Waals surface area contributed by atoms with Crippen LogP contribution in [0.2, 0.25) is 0 Å². The van der Waals surface area contributed by atoms with Crippen LogP contribution < -0.4 is 20.5 Å². The molecule has 0 bridgehead atoms. The molecule has 0 aliphatic carbocycles. The van der Waals surface area contributed by atoms with Crippen LogP contribution >= 0.6 is 0 Å². The molecule has 0 spiro atoms. The molecule has 1 aliphatic rings. The maximum atomic E-state index is 6.22. The molecule has 0 fully saturated rings. The summed E-state index contributed by atoms with van der Waals surface area (Å²) in [4.78, 5) is 9.13. The summed E-state index contributed by atoms with van der Waals surface area (Å²) in [6, 6.07) is 13.8. The van der Waals surface area contributed by atoms with Gasteiger partial charge in [0.1, 0.15) is 11.6 Å². The van der Waals surface area contributed by atoms with Gasteiger partial charge in [0.15, 0.2) is 17.3 Å². The minimum absolute atomic E-state index is 0.128. The predicted octanol–water partition coefficient (Wildman–Crippen LogP) is 2.91. The van der Waals surface area contributed by atoms with E-state index in [0.29, 0.717) is 28.8 Å². The minimum atomic E-state index is 0.128. The molecule has 4 aromatic rings. The van der Waals surface area contributed by atoms with Gasteiger partial charge in [-0.15, -0.1) is 10.2 Å². The monoisotopic (exact) mass is 417 g/mol. The molecular formula is C22H23N7O2. The lowest BCUT2D eigenvalue weighted by atomic mass is 10.1. The third kappa shape index (κ3) is 3.48. The van der Waals surface area contributed by atoms with Crippen LogP contribution in [0.15, 0.2) is 42.5 Å². The molecule has 0 amide bonds. The SMILES string of the molecule is COc1cc2nc(NC3CCc4nnc(-c5ccccc5)n4C3)nc(N)c2cc1OC. The minimum Gasteiger partial charge on any atom is -0.493 e. The van der Waals surface area contributed by atoms with Crippen LogP contribution in [0.3, 0.4) is 0 Å². The summed E-state index contributed by atoms with van der Waals surface area (Å²) in [5.41, 5.74) is 7.97. The van der Waals surface area contributed by atoms with Crippen LogP contribution in [0.25, 0.3) is 22.3 Å². The zero-order valence-electron chi connectivity index (χ0n) is 17.4. The van der Waals surface area contributed by atoms with E-state index in [0.717, 1.165) is 42.0 Å². The number of anilines is 2. The van der Waals surface area contributed by atoms with Gasteiger partial charge in [-0.25, -0.2) is 4.98 Å². The average Bonchev–Trinajstić information content (AvgIpc) is 3.22. The first kappa shape index (κ1) is 19.1. The number of aryl methyl sites for hydroxylation is 1. The molecule has 0 saturated heterocycles. The van der Waals surface area contributed by atoms with Crippen molar-refractivity contribution in [2.75, 3.05) is 25.3 Å². The normalized spacial score (nSPS) is 15.5. The summed E-state index contributed by atoms with van der Waals surface area (Å²) in [5, 5.41) is 12.9. The highest BCUT2D eigenvalue weighted by molar-refractivity contribution is 5.91. The number of nitrogens with two attached hydrogens (primary N) is 1. The number of nitrogens with one attached hydrogen (secondary N) is 1. The molecule has 3 N–H and O–H groups in total. The van der Waals surface area contributed by atoms with Gasteiger partial charge in [-0.1, -0.05) is 30.3 Å². The van der Waals surface area contributed by atoms with Gasteiger partial charge in [0.2, 0.25) is 5.95 Å². The fourth-order valence-corrected chi connectivity index (χ4v) is 3.97. The number of hydrogen-bond donors (Lipinski definition) is 2. The van der Waals surface area contributed by atoms with E-state index in [1.807, 2.05) is 36.4 Å². The standard InChI is InChI=1S/C22H23N7O2/c1-30-17-10-15-16(11-18(17)31-2)25-22(26-20(15)23)24-14-8-9-19-27-28-21(29(19)12-14)13-6-4-3-5-7-13/h3-7,10-11,14H,8-9,12H2,1-2H3,(H3,23,24,25,26). The van der Waals surface area contributed by atoms with Crippen LogP contribution in [0.5, 0.6) is 11.5 Å². The van der Waals surface area contributed by atoms with Gasteiger partial charge in [-0.2, -0.15) is 4.98 Å². The lowest BCUT2D eigenvalue weighted by Crippen LogP contribution is -2.32. The highest BCUT2D eigenvalue weighted by Gasteiger charge is 2.24. The first-order valence-corrected chi connectivity index (χ1v) is 10.1. The summed E-state index contributed by atoms with van der Waals surface area (Å²) in [7, 11) is 3.18. The Hall–Kier alpha value is -3.88. The second-order valence-corrected chi connectivity index (χ2v) is 7.45. The Balaban J connectivity index is 1.43. The Morgan fingerprint density at radius 2 is 1.81 bits per heavy atom. The van der Waals surface area contributed by atoms with Crippen molar-refractivity contribution in [3.63, 3.8) is 0 Å². The highest BCUT2D eigenvalue weighted by atomic mass is 16.5. The Bertz CT molecular complexity index is 1240. The van der Waals surface area contributed by atoms with Crippen molar-refractivity contribution in [1.82, 2.24) is 24.7 Å². The molecule has 3 heterocycles. The first-order valence-electron chi connectivity index (χ1n) is 10.1. The molecule has 1 aliphatic heterocycles. The van der Waals surface area contributed by atoms with E-state index in [2.05, 4.69) is 30.0 Å². The molecule has 9 nitrogen and oxygen atoms in total. The number of aromatic nitrogens is 5. The second kappa shape index (κ2) is 7.75. The number of hydrogen-bond acceptors (Lipinski definition) is 8. The summed E-state index contributed by atoms with van der Waals surface area (Å²) in [5.74, 6) is 3.93. The van der Waals surface area contributed by atoms with E-state index in [4.69, 9.17) is 15.2 Å². The van der Waals surface area contributed by atoms with Gasteiger partial charge >= 0.3 is 0 Å². The molecule has 2 aromatic heterocycles. The molecule has 0 saturated carbocycles. The molecular weight excluding hydrogens is 394 g/mol. The zero-order valence-corrected chi connectivity index (χ0v) is 17.4. The van der Waals surface area contributed by atoms with Crippen LogP contribution in [0, 0.1) is 0 Å². The number of methoxy groups -OCH3 is 2. The van der Waals surface area contributed by atoms with E-state index >= 15 is 0 Å². The predicted molar refractivity (Wildman–Crippen MR) is 118 cm³/mol. The van der Waals surface area contributed by atoms with E-state index in [1.54, 1.807) is 20.3 Å². The van der Waals surface area contributed by atoms with Crippen molar-refractivity contribution < 1.29 is 9.47 Å². The molecule has 1 unspecified atom stereocenters. The second-order valence-electron chi connectivity index (χ2n) is 7.45. The van der Waals surface area contributed by atoms with Crippen LogP contribution in [-0.4, -0.2) is 45.0 Å². The van der Waals surface area contributed by atoms with Gasteiger partial charge in [0, 0.05) is 36.0 Å². The Kier molecular flexibility index (Phi) is 4.78. The van der Waals surface area contributed by atoms with Gasteiger partial charge in [-0.3, -0.25) is 0 Å². The van der Waals surface area contributed by atoms with Crippen molar-refractivity contribution in [2.45, 2.75) is 25.4 Å². The fourth-order valence-electron chi connectivity index (χ4n) is 3.97. The lowest BCUT2D eigenvalue weighted by Gasteiger charge is -2.25. The molecule has 1 atom stereocenters. The number of nitrogens with zero attached hydrogens (tertiary/aromatic N) is 5. The van der Waals surface area contributed by atoms with E-state index in [1.165, 1.54) is 0 Å². The van der Waals surface area contributed by atoms with Crippen LogP contribution in [0.4, 0.5) is 11.8 Å². The molecule has 158 valence electrons. The number of ether oxygens (including phenoxy) is 2. The Morgan fingerprint density at radius 1 is 1.03 bits per heavy atom. The van der Waals surface area contributed by atoms with E-state index in [-0.39, 0.29) is 6.04 Å². The van der Waals surface area contributed by atoms with Crippen LogP contribution in [0.1, 0.15) is 12.2 Å². The zero-order chi connectivity index (χ0) is 21.4. The topological polar surface area (TPSA) is 113 Å². The smallest absolute Gasteiger partial charge is 0.225 e. The van der Waals surface area contributed by atoms with Crippen molar-refractivity contribution >= 4 is 22.7 Å². The number of fused-ring (bicyclic) bond motifs is 2. The van der Waals surface area contributed by atoms with Gasteiger partial charge in [0.05, 0.1) is 19.7 Å². The Morgan fingerprint density at radius 3 is 2.58 bits per heavy atom. The fraction of sp³-hybridized carbons (Fsp3) is 0.273. The largest absolute Gasteiger partial charge is 0.493 e. The average molecular weight is 417 g/mol. The maximum absolute atomic E-state index is 6.22. The van der Waals surface area contributed by atoms with Crippen molar-refractivity contribution in [1.29, 1.82) is 0 Å². The third-order valence-electron chi connectivity index (χ3n) is 5.54. The number of rotatable bonds is 5.